The monoisotopic (exact) mass is 397 g/mol. The van der Waals surface area contributed by atoms with Gasteiger partial charge in [0.05, 0.1) is 12.7 Å². The van der Waals surface area contributed by atoms with Gasteiger partial charge in [0.1, 0.15) is 17.2 Å². The molecule has 1 heterocycles. The minimum Gasteiger partial charge on any atom is -0.497 e. The first-order valence-corrected chi connectivity index (χ1v) is 10.3. The van der Waals surface area contributed by atoms with Crippen LogP contribution in [0.25, 0.3) is 0 Å². The third kappa shape index (κ3) is 2.31. The summed E-state index contributed by atoms with van der Waals surface area (Å²) in [6.45, 7) is 0. The van der Waals surface area contributed by atoms with Gasteiger partial charge >= 0.3 is 0 Å². The molecular weight excluding hydrogens is 374 g/mol. The quantitative estimate of drug-likeness (QED) is 0.797. The number of para-hydroxylation sites is 1. The molecule has 1 aliphatic heterocycles. The number of hydrogen-bond donors (Lipinski definition) is 2. The van der Waals surface area contributed by atoms with Crippen LogP contribution in [0.2, 0.25) is 0 Å². The highest BCUT2D eigenvalue weighted by Crippen LogP contribution is 2.60. The summed E-state index contributed by atoms with van der Waals surface area (Å²) in [4.78, 5) is 13.7. The Hall–Kier alpha value is -3.52. The zero-order valence-corrected chi connectivity index (χ0v) is 16.8. The molecule has 5 rings (SSSR count). The molecule has 0 fully saturated rings. The van der Waals surface area contributed by atoms with Crippen molar-refractivity contribution in [1.82, 2.24) is 0 Å². The maximum absolute atomic E-state index is 13.7. The van der Waals surface area contributed by atoms with Crippen LogP contribution in [0.5, 0.6) is 5.75 Å². The largest absolute Gasteiger partial charge is 0.497 e. The summed E-state index contributed by atoms with van der Waals surface area (Å²) in [5.74, 6) is 0.460. The second-order valence-electron chi connectivity index (χ2n) is 8.16. The van der Waals surface area contributed by atoms with E-state index in [-0.39, 0.29) is 17.7 Å². The lowest BCUT2D eigenvalue weighted by Crippen LogP contribution is -2.51. The van der Waals surface area contributed by atoms with Gasteiger partial charge in [0.15, 0.2) is 0 Å². The lowest BCUT2D eigenvalue weighted by atomic mass is 9.54. The maximum Gasteiger partial charge on any atom is 0.241 e. The number of nitriles is 1. The predicted octanol–water partition coefficient (Wildman–Crippen LogP) is 4.15. The van der Waals surface area contributed by atoms with E-state index in [4.69, 9.17) is 10.5 Å². The molecule has 0 bridgehead atoms. The normalized spacial score (nSPS) is 27.1. The molecule has 1 spiro atoms. The van der Waals surface area contributed by atoms with Crippen LogP contribution in [0.4, 0.5) is 5.69 Å². The van der Waals surface area contributed by atoms with Gasteiger partial charge in [-0.25, -0.2) is 0 Å². The molecule has 30 heavy (non-hydrogen) atoms. The Morgan fingerprint density at radius 2 is 1.97 bits per heavy atom. The molecule has 0 saturated heterocycles. The molecule has 5 nitrogen and oxygen atoms in total. The topological polar surface area (TPSA) is 88.1 Å². The Labute approximate surface area is 175 Å². The number of benzene rings is 2. The van der Waals surface area contributed by atoms with Crippen LogP contribution in [0.3, 0.4) is 0 Å². The second kappa shape index (κ2) is 6.77. The number of nitrogens with one attached hydrogen (secondary N) is 1. The van der Waals surface area contributed by atoms with Crippen LogP contribution in [0.1, 0.15) is 36.3 Å². The minimum absolute atomic E-state index is 0.0472. The van der Waals surface area contributed by atoms with Gasteiger partial charge in [-0.2, -0.15) is 5.26 Å². The molecule has 3 N–H and O–H groups in total. The van der Waals surface area contributed by atoms with Crippen molar-refractivity contribution >= 4 is 11.6 Å². The van der Waals surface area contributed by atoms with Crippen LogP contribution >= 0.6 is 0 Å². The van der Waals surface area contributed by atoms with E-state index in [1.165, 1.54) is 0 Å². The molecule has 3 aliphatic rings. The Morgan fingerprint density at radius 3 is 2.70 bits per heavy atom. The number of allylic oxidation sites excluding steroid dienone is 3. The molecule has 2 aliphatic carbocycles. The molecule has 0 unspecified atom stereocenters. The molecule has 0 radical (unpaired) electrons. The van der Waals surface area contributed by atoms with Gasteiger partial charge in [-0.15, -0.1) is 0 Å². The highest BCUT2D eigenvalue weighted by atomic mass is 16.5. The lowest BCUT2D eigenvalue weighted by molar-refractivity contribution is -0.121. The van der Waals surface area contributed by atoms with E-state index >= 15 is 0 Å². The summed E-state index contributed by atoms with van der Waals surface area (Å²) in [5, 5.41) is 13.1. The van der Waals surface area contributed by atoms with Crippen molar-refractivity contribution in [2.24, 2.45) is 11.7 Å². The van der Waals surface area contributed by atoms with E-state index in [9.17, 15) is 10.1 Å². The molecular formula is C25H23N3O2. The number of nitrogens with zero attached hydrogens (tertiary/aromatic N) is 1. The summed E-state index contributed by atoms with van der Waals surface area (Å²) in [6.07, 6.45) is 5.01. The van der Waals surface area contributed by atoms with Crippen LogP contribution in [-0.2, 0) is 10.2 Å². The van der Waals surface area contributed by atoms with E-state index in [1.807, 2.05) is 48.5 Å². The molecule has 5 heteroatoms. The summed E-state index contributed by atoms with van der Waals surface area (Å²) in [7, 11) is 1.64. The number of methoxy groups -OCH3 is 1. The number of nitrogens with two attached hydrogens (primary N) is 1. The van der Waals surface area contributed by atoms with E-state index in [1.54, 1.807) is 7.11 Å². The van der Waals surface area contributed by atoms with Crippen LogP contribution in [0.15, 0.2) is 71.5 Å². The number of fused-ring (bicyclic) bond motifs is 3. The maximum atomic E-state index is 13.7. The Balaban J connectivity index is 1.85. The number of carbonyl (C=O) groups is 1. The van der Waals surface area contributed by atoms with Crippen molar-refractivity contribution in [3.05, 3.63) is 82.6 Å². The predicted molar refractivity (Wildman–Crippen MR) is 115 cm³/mol. The number of carbonyl (C=O) groups excluding carboxylic acids is 1. The third-order valence-corrected chi connectivity index (χ3v) is 6.88. The molecule has 2 aromatic rings. The van der Waals surface area contributed by atoms with Gasteiger partial charge in [0.25, 0.3) is 0 Å². The fourth-order valence-corrected chi connectivity index (χ4v) is 5.63. The second-order valence-corrected chi connectivity index (χ2v) is 8.16. The van der Waals surface area contributed by atoms with Crippen LogP contribution < -0.4 is 15.8 Å². The van der Waals surface area contributed by atoms with Gasteiger partial charge in [0, 0.05) is 17.3 Å². The zero-order chi connectivity index (χ0) is 20.9. The van der Waals surface area contributed by atoms with Crippen molar-refractivity contribution in [1.29, 1.82) is 5.26 Å². The Kier molecular flexibility index (Phi) is 4.18. The van der Waals surface area contributed by atoms with Gasteiger partial charge in [-0.3, -0.25) is 4.79 Å². The van der Waals surface area contributed by atoms with Gasteiger partial charge in [-0.1, -0.05) is 36.4 Å². The first kappa shape index (κ1) is 18.5. The van der Waals surface area contributed by atoms with Crippen molar-refractivity contribution in [3.63, 3.8) is 0 Å². The molecule has 0 saturated carbocycles. The summed E-state index contributed by atoms with van der Waals surface area (Å²) >= 11 is 0. The average Bonchev–Trinajstić information content (AvgIpc) is 3.08. The molecule has 2 aromatic carbocycles. The first-order valence-electron chi connectivity index (χ1n) is 10.3. The zero-order valence-electron chi connectivity index (χ0n) is 16.8. The summed E-state index contributed by atoms with van der Waals surface area (Å²) in [6, 6.07) is 17.9. The standard InChI is InChI=1S/C25H23N3O2/c1-30-16-12-10-15(11-13-16)22-18-7-3-2-6-17(18)19(14-26)23(27)25(22)20-8-4-5-9-21(20)28-24(25)29/h4-6,8-13,18,22H,2-3,7,27H2,1H3,(H,28,29)/t18-,22+,25-/m1/s1. The third-order valence-electron chi connectivity index (χ3n) is 6.88. The Bertz CT molecular complexity index is 1140. The van der Waals surface area contributed by atoms with Crippen LogP contribution in [0, 0.1) is 17.2 Å². The number of hydrogen-bond acceptors (Lipinski definition) is 4. The Morgan fingerprint density at radius 1 is 1.20 bits per heavy atom. The van der Waals surface area contributed by atoms with Crippen molar-refractivity contribution in [3.8, 4) is 11.8 Å². The van der Waals surface area contributed by atoms with E-state index in [0.717, 1.165) is 47.4 Å². The number of ether oxygens (including phenoxy) is 1. The lowest BCUT2D eigenvalue weighted by Gasteiger charge is -2.47. The van der Waals surface area contributed by atoms with E-state index < -0.39 is 5.41 Å². The number of rotatable bonds is 2. The smallest absolute Gasteiger partial charge is 0.241 e. The van der Waals surface area contributed by atoms with Crippen molar-refractivity contribution in [2.45, 2.75) is 30.6 Å². The van der Waals surface area contributed by atoms with Crippen molar-refractivity contribution in [2.75, 3.05) is 12.4 Å². The average molecular weight is 397 g/mol. The molecule has 3 atom stereocenters. The van der Waals surface area contributed by atoms with E-state index in [0.29, 0.717) is 11.3 Å². The molecule has 0 aromatic heterocycles. The highest BCUT2D eigenvalue weighted by molar-refractivity contribution is 6.10. The fraction of sp³-hybridized carbons (Fsp3) is 0.280. The van der Waals surface area contributed by atoms with Crippen molar-refractivity contribution < 1.29 is 9.53 Å². The number of anilines is 1. The summed E-state index contributed by atoms with van der Waals surface area (Å²) < 4.78 is 5.35. The molecule has 1 amide bonds. The number of amides is 1. The van der Waals surface area contributed by atoms with Gasteiger partial charge < -0.3 is 15.8 Å². The fourth-order valence-electron chi connectivity index (χ4n) is 5.63. The minimum atomic E-state index is -1.10. The molecule has 150 valence electrons. The van der Waals surface area contributed by atoms with E-state index in [2.05, 4.69) is 17.5 Å². The first-order chi connectivity index (χ1) is 14.6. The van der Waals surface area contributed by atoms with Gasteiger partial charge in [-0.05, 0) is 60.1 Å². The summed E-state index contributed by atoms with van der Waals surface area (Å²) in [5.41, 5.74) is 10.1. The SMILES string of the molecule is COc1ccc([C@H]2[C@@H]3CCCC=C3C(C#N)=C(N)[C@]23C(=O)Nc2ccccc23)cc1. The highest BCUT2D eigenvalue weighted by Gasteiger charge is 2.60. The van der Waals surface area contributed by atoms with Gasteiger partial charge in [0.2, 0.25) is 5.91 Å². The van der Waals surface area contributed by atoms with Crippen LogP contribution in [-0.4, -0.2) is 13.0 Å².